The number of carbonyl (C=O) groups is 2. The van der Waals surface area contributed by atoms with E-state index in [0.717, 1.165) is 55.7 Å². The van der Waals surface area contributed by atoms with Crippen LogP contribution in [-0.2, 0) is 17.6 Å². The van der Waals surface area contributed by atoms with Gasteiger partial charge in [0.15, 0.2) is 0 Å². The zero-order chi connectivity index (χ0) is 21.8. The Kier molecular flexibility index (Phi) is 6.59. The summed E-state index contributed by atoms with van der Waals surface area (Å²) in [5.41, 5.74) is 3.55. The van der Waals surface area contributed by atoms with Gasteiger partial charge in [-0.2, -0.15) is 5.10 Å². The van der Waals surface area contributed by atoms with Gasteiger partial charge in [0.1, 0.15) is 5.75 Å². The van der Waals surface area contributed by atoms with Gasteiger partial charge in [-0.3, -0.25) is 14.7 Å². The van der Waals surface area contributed by atoms with Crippen molar-refractivity contribution in [3.63, 3.8) is 0 Å². The summed E-state index contributed by atoms with van der Waals surface area (Å²) in [6.07, 6.45) is 6.82. The highest BCUT2D eigenvalue weighted by Gasteiger charge is 2.33. The molecule has 2 amide bonds. The first-order valence-electron chi connectivity index (χ1n) is 11.5. The number of nitrogens with zero attached hydrogens (tertiary/aromatic N) is 3. The number of benzene rings is 1. The SMILES string of the molecule is CCN(CC)C(=O)c1cn[nH]c1[C@H]1CCCCN1C(=O)Cc1ccc2c(c1)CCCO2. The Balaban J connectivity index is 1.54. The molecule has 0 aliphatic carbocycles. The van der Waals surface area contributed by atoms with Crippen molar-refractivity contribution < 1.29 is 14.3 Å². The van der Waals surface area contributed by atoms with Crippen LogP contribution in [0.4, 0.5) is 0 Å². The molecule has 0 radical (unpaired) electrons. The van der Waals surface area contributed by atoms with Gasteiger partial charge in [-0.15, -0.1) is 0 Å². The predicted octanol–water partition coefficient (Wildman–Crippen LogP) is 3.51. The topological polar surface area (TPSA) is 78.5 Å². The molecule has 1 atom stereocenters. The molecule has 2 aromatic rings. The van der Waals surface area contributed by atoms with Gasteiger partial charge in [-0.05, 0) is 63.1 Å². The highest BCUT2D eigenvalue weighted by atomic mass is 16.5. The fourth-order valence-corrected chi connectivity index (χ4v) is 4.73. The van der Waals surface area contributed by atoms with Crippen LogP contribution in [0.15, 0.2) is 24.4 Å². The van der Waals surface area contributed by atoms with E-state index in [2.05, 4.69) is 16.3 Å². The first kappa shape index (κ1) is 21.4. The van der Waals surface area contributed by atoms with E-state index in [1.165, 1.54) is 5.56 Å². The van der Waals surface area contributed by atoms with Gasteiger partial charge >= 0.3 is 0 Å². The first-order chi connectivity index (χ1) is 15.1. The van der Waals surface area contributed by atoms with Crippen LogP contribution in [0.5, 0.6) is 5.75 Å². The zero-order valence-corrected chi connectivity index (χ0v) is 18.5. The summed E-state index contributed by atoms with van der Waals surface area (Å²) < 4.78 is 5.70. The summed E-state index contributed by atoms with van der Waals surface area (Å²) in [4.78, 5) is 30.0. The molecule has 2 aliphatic rings. The Hall–Kier alpha value is -2.83. The predicted molar refractivity (Wildman–Crippen MR) is 118 cm³/mol. The third-order valence-corrected chi connectivity index (χ3v) is 6.43. The average Bonchev–Trinajstić information content (AvgIpc) is 3.29. The number of amides is 2. The van der Waals surface area contributed by atoms with E-state index in [-0.39, 0.29) is 17.9 Å². The van der Waals surface area contributed by atoms with E-state index >= 15 is 0 Å². The number of hydrogen-bond acceptors (Lipinski definition) is 4. The largest absolute Gasteiger partial charge is 0.493 e. The van der Waals surface area contributed by atoms with Gasteiger partial charge in [-0.25, -0.2) is 0 Å². The minimum absolute atomic E-state index is 0.0265. The van der Waals surface area contributed by atoms with Crippen LogP contribution in [0.25, 0.3) is 0 Å². The molecule has 0 unspecified atom stereocenters. The maximum absolute atomic E-state index is 13.3. The molecule has 166 valence electrons. The van der Waals surface area contributed by atoms with E-state index in [9.17, 15) is 9.59 Å². The number of aryl methyl sites for hydroxylation is 1. The fourth-order valence-electron chi connectivity index (χ4n) is 4.73. The van der Waals surface area contributed by atoms with Crippen molar-refractivity contribution in [1.82, 2.24) is 20.0 Å². The number of aromatic nitrogens is 2. The molecule has 1 aromatic heterocycles. The van der Waals surface area contributed by atoms with Crippen LogP contribution in [0, 0.1) is 0 Å². The standard InChI is InChI=1S/C24H32N4O3/c1-3-27(4-2)24(30)19-16-25-26-23(19)20-9-5-6-12-28(20)22(29)15-17-10-11-21-18(14-17)8-7-13-31-21/h10-11,14,16,20H,3-9,12-13,15H2,1-2H3,(H,25,26)/t20-/m1/s1. The van der Waals surface area contributed by atoms with Crippen molar-refractivity contribution in [2.75, 3.05) is 26.2 Å². The molecule has 7 heteroatoms. The molecular formula is C24H32N4O3. The van der Waals surface area contributed by atoms with Crippen LogP contribution in [-0.4, -0.2) is 58.1 Å². The Morgan fingerprint density at radius 2 is 2.06 bits per heavy atom. The van der Waals surface area contributed by atoms with Gasteiger partial charge in [0.2, 0.25) is 5.91 Å². The molecule has 0 saturated carbocycles. The molecule has 0 spiro atoms. The summed E-state index contributed by atoms with van der Waals surface area (Å²) in [5.74, 6) is 1.01. The number of piperidine rings is 1. The fraction of sp³-hybridized carbons (Fsp3) is 0.542. The monoisotopic (exact) mass is 424 g/mol. The number of carbonyl (C=O) groups excluding carboxylic acids is 2. The maximum atomic E-state index is 13.3. The minimum Gasteiger partial charge on any atom is -0.493 e. The Morgan fingerprint density at radius 1 is 1.23 bits per heavy atom. The molecule has 1 saturated heterocycles. The number of likely N-dealkylation sites (tertiary alicyclic amines) is 1. The lowest BCUT2D eigenvalue weighted by molar-refractivity contribution is -0.134. The minimum atomic E-state index is -0.140. The van der Waals surface area contributed by atoms with Crippen molar-refractivity contribution >= 4 is 11.8 Å². The van der Waals surface area contributed by atoms with Crippen LogP contribution in [0.1, 0.15) is 72.8 Å². The normalized spacial score (nSPS) is 18.3. The van der Waals surface area contributed by atoms with Crippen molar-refractivity contribution in [2.45, 2.75) is 58.4 Å². The maximum Gasteiger partial charge on any atom is 0.257 e. The number of H-pyrrole nitrogens is 1. The Morgan fingerprint density at radius 3 is 2.87 bits per heavy atom. The summed E-state index contributed by atoms with van der Waals surface area (Å²) in [5, 5.41) is 7.21. The molecule has 2 aliphatic heterocycles. The average molecular weight is 425 g/mol. The van der Waals surface area contributed by atoms with Crippen LogP contribution in [0.3, 0.4) is 0 Å². The third-order valence-electron chi connectivity index (χ3n) is 6.43. The summed E-state index contributed by atoms with van der Waals surface area (Å²) in [6.45, 7) is 6.71. The van der Waals surface area contributed by atoms with E-state index < -0.39 is 0 Å². The lowest BCUT2D eigenvalue weighted by Gasteiger charge is -2.36. The van der Waals surface area contributed by atoms with Gasteiger partial charge in [0, 0.05) is 19.6 Å². The molecule has 1 fully saturated rings. The van der Waals surface area contributed by atoms with Crippen LogP contribution in [0.2, 0.25) is 0 Å². The van der Waals surface area contributed by atoms with Crippen LogP contribution < -0.4 is 4.74 Å². The van der Waals surface area contributed by atoms with Crippen molar-refractivity contribution in [3.05, 3.63) is 46.8 Å². The van der Waals surface area contributed by atoms with Crippen LogP contribution >= 0.6 is 0 Å². The van der Waals surface area contributed by atoms with E-state index in [1.54, 1.807) is 11.1 Å². The second-order valence-electron chi connectivity index (χ2n) is 8.34. The highest BCUT2D eigenvalue weighted by Crippen LogP contribution is 2.33. The van der Waals surface area contributed by atoms with Crippen molar-refractivity contribution in [3.8, 4) is 5.75 Å². The third kappa shape index (κ3) is 4.45. The molecule has 0 bridgehead atoms. The molecule has 1 N–H and O–H groups in total. The number of nitrogens with one attached hydrogen (secondary N) is 1. The summed E-state index contributed by atoms with van der Waals surface area (Å²) in [7, 11) is 0. The number of aromatic amines is 1. The Labute approximate surface area is 183 Å². The number of rotatable bonds is 6. The van der Waals surface area contributed by atoms with Gasteiger partial charge in [0.25, 0.3) is 5.91 Å². The molecular weight excluding hydrogens is 392 g/mol. The number of hydrogen-bond donors (Lipinski definition) is 1. The quantitative estimate of drug-likeness (QED) is 0.770. The van der Waals surface area contributed by atoms with Gasteiger partial charge < -0.3 is 14.5 Å². The van der Waals surface area contributed by atoms with Crippen molar-refractivity contribution in [2.24, 2.45) is 0 Å². The summed E-state index contributed by atoms with van der Waals surface area (Å²) >= 11 is 0. The summed E-state index contributed by atoms with van der Waals surface area (Å²) in [6, 6.07) is 5.95. The number of ether oxygens (including phenoxy) is 1. The lowest BCUT2D eigenvalue weighted by atomic mass is 9.95. The van der Waals surface area contributed by atoms with Gasteiger partial charge in [0.05, 0.1) is 36.5 Å². The second-order valence-corrected chi connectivity index (χ2v) is 8.34. The number of fused-ring (bicyclic) bond motifs is 1. The Bertz CT molecular complexity index is 935. The lowest BCUT2D eigenvalue weighted by Crippen LogP contribution is -2.40. The molecule has 4 rings (SSSR count). The first-order valence-corrected chi connectivity index (χ1v) is 11.5. The van der Waals surface area contributed by atoms with E-state index in [1.807, 2.05) is 30.9 Å². The smallest absolute Gasteiger partial charge is 0.257 e. The molecule has 3 heterocycles. The zero-order valence-electron chi connectivity index (χ0n) is 18.5. The van der Waals surface area contributed by atoms with Crippen molar-refractivity contribution in [1.29, 1.82) is 0 Å². The highest BCUT2D eigenvalue weighted by molar-refractivity contribution is 5.95. The van der Waals surface area contributed by atoms with E-state index in [4.69, 9.17) is 4.74 Å². The molecule has 1 aromatic carbocycles. The second kappa shape index (κ2) is 9.54. The molecule has 31 heavy (non-hydrogen) atoms. The van der Waals surface area contributed by atoms with Gasteiger partial charge in [-0.1, -0.05) is 12.1 Å². The van der Waals surface area contributed by atoms with E-state index in [0.29, 0.717) is 31.6 Å². The molecule has 7 nitrogen and oxygen atoms in total.